The highest BCUT2D eigenvalue weighted by atomic mass is 16.5. The van der Waals surface area contributed by atoms with Crippen LogP contribution in [0.3, 0.4) is 0 Å². The number of nitrogens with one attached hydrogen (secondary N) is 1. The predicted molar refractivity (Wildman–Crippen MR) is 100 cm³/mol. The fourth-order valence-electron chi connectivity index (χ4n) is 3.13. The Morgan fingerprint density at radius 3 is 2.36 bits per heavy atom. The molecule has 0 spiro atoms. The minimum atomic E-state index is -0.169. The van der Waals surface area contributed by atoms with Crippen LogP contribution in [0.4, 0.5) is 11.4 Å². The first-order valence-electron chi connectivity index (χ1n) is 8.51. The number of nitrogens with zero attached hydrogens (tertiary/aromatic N) is 1. The summed E-state index contributed by atoms with van der Waals surface area (Å²) in [4.78, 5) is 14.9. The van der Waals surface area contributed by atoms with Crippen LogP contribution in [-0.2, 0) is 0 Å². The lowest BCUT2D eigenvalue weighted by atomic mass is 10.1. The van der Waals surface area contributed by atoms with E-state index in [2.05, 4.69) is 22.3 Å². The molecule has 1 aliphatic rings. The monoisotopic (exact) mass is 340 g/mol. The van der Waals surface area contributed by atoms with E-state index >= 15 is 0 Å². The second-order valence-electron chi connectivity index (χ2n) is 6.22. The molecule has 1 heterocycles. The van der Waals surface area contributed by atoms with Gasteiger partial charge in [0, 0.05) is 30.0 Å². The minimum absolute atomic E-state index is 0.169. The highest BCUT2D eigenvalue weighted by Gasteiger charge is 2.15. The molecule has 0 radical (unpaired) electrons. The van der Waals surface area contributed by atoms with Crippen LogP contribution in [0.2, 0.25) is 0 Å². The molecule has 2 aromatic carbocycles. The Hall–Kier alpha value is -2.69. The minimum Gasteiger partial charge on any atom is -0.493 e. The molecule has 0 aromatic heterocycles. The molecular formula is C20H24N2O3. The van der Waals surface area contributed by atoms with Crippen molar-refractivity contribution in [1.82, 2.24) is 0 Å². The first kappa shape index (κ1) is 17.1. The molecule has 25 heavy (non-hydrogen) atoms. The molecule has 5 heteroatoms. The Labute approximate surface area is 148 Å². The maximum absolute atomic E-state index is 12.6. The Bertz CT molecular complexity index is 768. The van der Waals surface area contributed by atoms with Gasteiger partial charge in [0.2, 0.25) is 0 Å². The lowest BCUT2D eigenvalue weighted by molar-refractivity contribution is 0.102. The molecule has 2 aromatic rings. The zero-order valence-corrected chi connectivity index (χ0v) is 15.0. The fraction of sp³-hybridized carbons (Fsp3) is 0.350. The van der Waals surface area contributed by atoms with Crippen LogP contribution in [0.15, 0.2) is 36.4 Å². The maximum Gasteiger partial charge on any atom is 0.255 e. The first-order valence-corrected chi connectivity index (χ1v) is 8.51. The molecule has 1 N–H and O–H groups in total. The van der Waals surface area contributed by atoms with Gasteiger partial charge in [0.25, 0.3) is 5.91 Å². The number of hydrogen-bond acceptors (Lipinski definition) is 4. The number of ether oxygens (including phenoxy) is 2. The molecule has 132 valence electrons. The van der Waals surface area contributed by atoms with Gasteiger partial charge < -0.3 is 19.7 Å². The fourth-order valence-corrected chi connectivity index (χ4v) is 3.13. The molecule has 5 nitrogen and oxygen atoms in total. The Morgan fingerprint density at radius 1 is 1.00 bits per heavy atom. The normalized spacial score (nSPS) is 13.6. The highest BCUT2D eigenvalue weighted by molar-refractivity contribution is 6.05. The number of anilines is 2. The van der Waals surface area contributed by atoms with E-state index in [0.29, 0.717) is 17.1 Å². The van der Waals surface area contributed by atoms with Crippen LogP contribution in [-0.4, -0.2) is 33.2 Å². The smallest absolute Gasteiger partial charge is 0.255 e. The molecule has 0 bridgehead atoms. The summed E-state index contributed by atoms with van der Waals surface area (Å²) < 4.78 is 10.5. The van der Waals surface area contributed by atoms with E-state index in [4.69, 9.17) is 9.47 Å². The van der Waals surface area contributed by atoms with Crippen molar-refractivity contribution in [2.75, 3.05) is 37.5 Å². The third kappa shape index (κ3) is 3.71. The maximum atomic E-state index is 12.6. The van der Waals surface area contributed by atoms with Gasteiger partial charge in [-0.1, -0.05) is 0 Å². The summed E-state index contributed by atoms with van der Waals surface area (Å²) >= 11 is 0. The number of benzene rings is 2. The van der Waals surface area contributed by atoms with E-state index in [0.717, 1.165) is 24.3 Å². The Morgan fingerprint density at radius 2 is 1.72 bits per heavy atom. The molecule has 1 fully saturated rings. The van der Waals surface area contributed by atoms with Crippen molar-refractivity contribution in [3.8, 4) is 11.5 Å². The van der Waals surface area contributed by atoms with Crippen molar-refractivity contribution in [1.29, 1.82) is 0 Å². The average Bonchev–Trinajstić information content (AvgIpc) is 3.17. The molecule has 1 amide bonds. The Kier molecular flexibility index (Phi) is 5.12. The number of amides is 1. The third-order valence-corrected chi connectivity index (χ3v) is 4.58. The molecular weight excluding hydrogens is 316 g/mol. The SMILES string of the molecule is COc1ccc(C(=O)Nc2ccc(N3CCCC3)cc2C)cc1OC. The van der Waals surface area contributed by atoms with Gasteiger partial charge in [0.1, 0.15) is 0 Å². The molecule has 0 atom stereocenters. The standard InChI is InChI=1S/C20H24N2O3/c1-14-12-16(22-10-4-5-11-22)7-8-17(14)21-20(23)15-6-9-18(24-2)19(13-15)25-3/h6-9,12-13H,4-5,10-11H2,1-3H3,(H,21,23). The van der Waals surface area contributed by atoms with Gasteiger partial charge in [-0.3, -0.25) is 4.79 Å². The van der Waals surface area contributed by atoms with E-state index in [1.165, 1.54) is 18.5 Å². The molecule has 0 aliphatic carbocycles. The molecule has 0 unspecified atom stereocenters. The quantitative estimate of drug-likeness (QED) is 0.898. The number of aryl methyl sites for hydroxylation is 1. The van der Waals surface area contributed by atoms with E-state index in [1.54, 1.807) is 32.4 Å². The summed E-state index contributed by atoms with van der Waals surface area (Å²) in [6.45, 7) is 4.23. The summed E-state index contributed by atoms with van der Waals surface area (Å²) in [6, 6.07) is 11.3. The van der Waals surface area contributed by atoms with Gasteiger partial charge in [-0.05, 0) is 61.7 Å². The van der Waals surface area contributed by atoms with Gasteiger partial charge in [-0.25, -0.2) is 0 Å². The molecule has 1 saturated heterocycles. The van der Waals surface area contributed by atoms with E-state index in [9.17, 15) is 4.79 Å². The second kappa shape index (κ2) is 7.47. The summed E-state index contributed by atoms with van der Waals surface area (Å²) in [7, 11) is 3.13. The van der Waals surface area contributed by atoms with Crippen LogP contribution < -0.4 is 19.7 Å². The van der Waals surface area contributed by atoms with Crippen LogP contribution in [0.5, 0.6) is 11.5 Å². The number of hydrogen-bond donors (Lipinski definition) is 1. The van der Waals surface area contributed by atoms with Crippen molar-refractivity contribution in [2.24, 2.45) is 0 Å². The number of rotatable bonds is 5. The summed E-state index contributed by atoms with van der Waals surface area (Å²) in [5.41, 5.74) is 3.63. The van der Waals surface area contributed by atoms with E-state index in [1.807, 2.05) is 13.0 Å². The van der Waals surface area contributed by atoms with Crippen LogP contribution in [0.1, 0.15) is 28.8 Å². The lowest BCUT2D eigenvalue weighted by Gasteiger charge is -2.19. The zero-order chi connectivity index (χ0) is 17.8. The van der Waals surface area contributed by atoms with Gasteiger partial charge in [-0.15, -0.1) is 0 Å². The van der Waals surface area contributed by atoms with Crippen molar-refractivity contribution >= 4 is 17.3 Å². The van der Waals surface area contributed by atoms with Crippen molar-refractivity contribution in [3.63, 3.8) is 0 Å². The zero-order valence-electron chi connectivity index (χ0n) is 15.0. The van der Waals surface area contributed by atoms with Gasteiger partial charge >= 0.3 is 0 Å². The average molecular weight is 340 g/mol. The molecule has 3 rings (SSSR count). The van der Waals surface area contributed by atoms with Crippen LogP contribution in [0, 0.1) is 6.92 Å². The number of methoxy groups -OCH3 is 2. The summed E-state index contributed by atoms with van der Waals surface area (Å²) in [6.07, 6.45) is 2.49. The largest absolute Gasteiger partial charge is 0.493 e. The van der Waals surface area contributed by atoms with Crippen LogP contribution in [0.25, 0.3) is 0 Å². The molecule has 0 saturated carbocycles. The summed E-state index contributed by atoms with van der Waals surface area (Å²) in [5.74, 6) is 0.972. The van der Waals surface area contributed by atoms with E-state index < -0.39 is 0 Å². The van der Waals surface area contributed by atoms with Crippen molar-refractivity contribution < 1.29 is 14.3 Å². The second-order valence-corrected chi connectivity index (χ2v) is 6.22. The lowest BCUT2D eigenvalue weighted by Crippen LogP contribution is -2.18. The third-order valence-electron chi connectivity index (χ3n) is 4.58. The Balaban J connectivity index is 1.76. The van der Waals surface area contributed by atoms with Crippen molar-refractivity contribution in [2.45, 2.75) is 19.8 Å². The van der Waals surface area contributed by atoms with Crippen LogP contribution >= 0.6 is 0 Å². The highest BCUT2D eigenvalue weighted by Crippen LogP contribution is 2.29. The number of carbonyl (C=O) groups is 1. The number of carbonyl (C=O) groups excluding carboxylic acids is 1. The topological polar surface area (TPSA) is 50.8 Å². The van der Waals surface area contributed by atoms with Gasteiger partial charge in [-0.2, -0.15) is 0 Å². The summed E-state index contributed by atoms with van der Waals surface area (Å²) in [5, 5.41) is 2.98. The van der Waals surface area contributed by atoms with E-state index in [-0.39, 0.29) is 5.91 Å². The van der Waals surface area contributed by atoms with Crippen molar-refractivity contribution in [3.05, 3.63) is 47.5 Å². The first-order chi connectivity index (χ1) is 12.1. The molecule has 1 aliphatic heterocycles. The van der Waals surface area contributed by atoms with Gasteiger partial charge in [0.15, 0.2) is 11.5 Å². The van der Waals surface area contributed by atoms with Gasteiger partial charge in [0.05, 0.1) is 14.2 Å². The predicted octanol–water partition coefficient (Wildman–Crippen LogP) is 3.86.